The van der Waals surface area contributed by atoms with Crippen LogP contribution in [-0.4, -0.2) is 0 Å². The molecular formula is C17H32. The molecule has 0 saturated heterocycles. The van der Waals surface area contributed by atoms with Crippen molar-refractivity contribution in [1.29, 1.82) is 0 Å². The minimum Gasteiger partial charge on any atom is -0.0654 e. The fourth-order valence-corrected chi connectivity index (χ4v) is 4.80. The summed E-state index contributed by atoms with van der Waals surface area (Å²) in [5.41, 5.74) is 1.30. The SMILES string of the molecule is CCCCCCCC1CC2CCC1(C)C2(C)C. The summed E-state index contributed by atoms with van der Waals surface area (Å²) in [4.78, 5) is 0. The van der Waals surface area contributed by atoms with E-state index in [0.717, 1.165) is 11.8 Å². The van der Waals surface area contributed by atoms with Crippen molar-refractivity contribution in [3.8, 4) is 0 Å². The van der Waals surface area contributed by atoms with E-state index in [1.165, 1.54) is 57.8 Å². The lowest BCUT2D eigenvalue weighted by Crippen LogP contribution is -2.32. The van der Waals surface area contributed by atoms with Gasteiger partial charge in [-0.2, -0.15) is 0 Å². The first kappa shape index (κ1) is 13.4. The summed E-state index contributed by atoms with van der Waals surface area (Å²) in [6, 6.07) is 0. The van der Waals surface area contributed by atoms with E-state index in [9.17, 15) is 0 Å². The Morgan fingerprint density at radius 3 is 2.24 bits per heavy atom. The Morgan fingerprint density at radius 2 is 1.71 bits per heavy atom. The van der Waals surface area contributed by atoms with Crippen molar-refractivity contribution in [2.45, 2.75) is 85.5 Å². The maximum atomic E-state index is 2.59. The van der Waals surface area contributed by atoms with E-state index in [2.05, 4.69) is 27.7 Å². The van der Waals surface area contributed by atoms with E-state index in [1.807, 2.05) is 0 Å². The smallest absolute Gasteiger partial charge is 0.0243 e. The summed E-state index contributed by atoms with van der Waals surface area (Å²) < 4.78 is 0. The molecule has 0 aromatic rings. The van der Waals surface area contributed by atoms with Crippen LogP contribution in [0.1, 0.15) is 85.5 Å². The molecule has 0 spiro atoms. The highest BCUT2D eigenvalue weighted by Gasteiger charge is 2.60. The topological polar surface area (TPSA) is 0 Å². The Labute approximate surface area is 109 Å². The average Bonchev–Trinajstić information content (AvgIpc) is 2.61. The lowest BCUT2D eigenvalue weighted by molar-refractivity contribution is 0.0961. The fraction of sp³-hybridized carbons (Fsp3) is 1.00. The van der Waals surface area contributed by atoms with Gasteiger partial charge in [0.05, 0.1) is 0 Å². The number of rotatable bonds is 6. The first-order valence-corrected chi connectivity index (χ1v) is 8.02. The van der Waals surface area contributed by atoms with E-state index < -0.39 is 0 Å². The van der Waals surface area contributed by atoms with Gasteiger partial charge in [0, 0.05) is 0 Å². The Morgan fingerprint density at radius 1 is 1.00 bits per heavy atom. The highest BCUT2D eigenvalue weighted by molar-refractivity contribution is 5.09. The molecule has 2 saturated carbocycles. The van der Waals surface area contributed by atoms with Gasteiger partial charge in [0.2, 0.25) is 0 Å². The number of hydrogen-bond acceptors (Lipinski definition) is 0. The van der Waals surface area contributed by atoms with E-state index in [-0.39, 0.29) is 0 Å². The molecule has 0 aromatic heterocycles. The van der Waals surface area contributed by atoms with Gasteiger partial charge in [-0.25, -0.2) is 0 Å². The zero-order valence-corrected chi connectivity index (χ0v) is 12.5. The van der Waals surface area contributed by atoms with Crippen molar-refractivity contribution in [1.82, 2.24) is 0 Å². The third kappa shape index (κ3) is 2.17. The van der Waals surface area contributed by atoms with Gasteiger partial charge in [0.1, 0.15) is 0 Å². The molecule has 17 heavy (non-hydrogen) atoms. The Hall–Kier alpha value is 0. The van der Waals surface area contributed by atoms with Crippen LogP contribution in [0.15, 0.2) is 0 Å². The van der Waals surface area contributed by atoms with E-state index in [1.54, 1.807) is 0 Å². The second-order valence-corrected chi connectivity index (χ2v) is 7.51. The van der Waals surface area contributed by atoms with Crippen molar-refractivity contribution in [3.63, 3.8) is 0 Å². The summed E-state index contributed by atoms with van der Waals surface area (Å²) in [6.07, 6.45) is 13.3. The number of fused-ring (bicyclic) bond motifs is 2. The lowest BCUT2D eigenvalue weighted by Gasteiger charge is -2.39. The molecule has 0 aliphatic heterocycles. The molecule has 0 heteroatoms. The van der Waals surface area contributed by atoms with Crippen LogP contribution in [0.5, 0.6) is 0 Å². The molecule has 0 heterocycles. The van der Waals surface area contributed by atoms with Crippen LogP contribution in [0.4, 0.5) is 0 Å². The summed E-state index contributed by atoms with van der Waals surface area (Å²) in [6.45, 7) is 9.99. The largest absolute Gasteiger partial charge is 0.0654 e. The molecule has 2 aliphatic carbocycles. The maximum Gasteiger partial charge on any atom is -0.0243 e. The zero-order chi connectivity index (χ0) is 12.5. The fourth-order valence-electron chi connectivity index (χ4n) is 4.80. The standard InChI is InChI=1S/C17H32/c1-5-6-7-8-9-10-15-13-14-11-12-17(15,4)16(14,2)3/h14-15H,5-13H2,1-4H3. The molecule has 2 bridgehead atoms. The molecule has 2 fully saturated rings. The van der Waals surface area contributed by atoms with Gasteiger partial charge in [0.25, 0.3) is 0 Å². The van der Waals surface area contributed by atoms with Crippen LogP contribution >= 0.6 is 0 Å². The van der Waals surface area contributed by atoms with Gasteiger partial charge in [0.15, 0.2) is 0 Å². The molecular weight excluding hydrogens is 204 g/mol. The molecule has 0 N–H and O–H groups in total. The number of unbranched alkanes of at least 4 members (excludes halogenated alkanes) is 4. The third-order valence-electron chi connectivity index (χ3n) is 6.63. The van der Waals surface area contributed by atoms with Gasteiger partial charge in [-0.05, 0) is 48.3 Å². The second-order valence-electron chi connectivity index (χ2n) is 7.51. The third-order valence-corrected chi connectivity index (χ3v) is 6.63. The van der Waals surface area contributed by atoms with Gasteiger partial charge in [-0.3, -0.25) is 0 Å². The Bertz CT molecular complexity index is 253. The Kier molecular flexibility index (Phi) is 3.90. The van der Waals surface area contributed by atoms with Crippen molar-refractivity contribution in [2.75, 3.05) is 0 Å². The highest BCUT2D eigenvalue weighted by Crippen LogP contribution is 2.68. The number of hydrogen-bond donors (Lipinski definition) is 0. The van der Waals surface area contributed by atoms with E-state index in [4.69, 9.17) is 0 Å². The average molecular weight is 236 g/mol. The second kappa shape index (κ2) is 4.94. The molecule has 0 radical (unpaired) electrons. The van der Waals surface area contributed by atoms with Crippen molar-refractivity contribution < 1.29 is 0 Å². The van der Waals surface area contributed by atoms with Gasteiger partial charge in [-0.1, -0.05) is 59.8 Å². The van der Waals surface area contributed by atoms with E-state index in [0.29, 0.717) is 10.8 Å². The van der Waals surface area contributed by atoms with Crippen LogP contribution in [0.3, 0.4) is 0 Å². The van der Waals surface area contributed by atoms with Crippen LogP contribution < -0.4 is 0 Å². The van der Waals surface area contributed by atoms with E-state index >= 15 is 0 Å². The lowest BCUT2D eigenvalue weighted by atomic mass is 9.65. The first-order valence-electron chi connectivity index (χ1n) is 8.02. The minimum atomic E-state index is 0.626. The van der Waals surface area contributed by atoms with Gasteiger partial charge >= 0.3 is 0 Å². The molecule has 3 atom stereocenters. The van der Waals surface area contributed by atoms with Crippen molar-refractivity contribution in [2.24, 2.45) is 22.7 Å². The molecule has 3 unspecified atom stereocenters. The zero-order valence-electron chi connectivity index (χ0n) is 12.5. The van der Waals surface area contributed by atoms with Crippen molar-refractivity contribution in [3.05, 3.63) is 0 Å². The summed E-state index contributed by atoms with van der Waals surface area (Å²) >= 11 is 0. The first-order chi connectivity index (χ1) is 8.02. The molecule has 0 nitrogen and oxygen atoms in total. The summed E-state index contributed by atoms with van der Waals surface area (Å²) in [5.74, 6) is 2.08. The highest BCUT2D eigenvalue weighted by atomic mass is 14.6. The predicted molar refractivity (Wildman–Crippen MR) is 76.1 cm³/mol. The molecule has 0 aromatic carbocycles. The summed E-state index contributed by atoms with van der Waals surface area (Å²) in [7, 11) is 0. The molecule has 2 aliphatic rings. The quantitative estimate of drug-likeness (QED) is 0.511. The van der Waals surface area contributed by atoms with Crippen molar-refractivity contribution >= 4 is 0 Å². The molecule has 100 valence electrons. The van der Waals surface area contributed by atoms with Crippen LogP contribution in [-0.2, 0) is 0 Å². The normalized spacial score (nSPS) is 38.8. The molecule has 0 amide bonds. The predicted octanol–water partition coefficient (Wildman–Crippen LogP) is 5.81. The van der Waals surface area contributed by atoms with Crippen LogP contribution in [0.2, 0.25) is 0 Å². The van der Waals surface area contributed by atoms with Gasteiger partial charge in [-0.15, -0.1) is 0 Å². The van der Waals surface area contributed by atoms with Gasteiger partial charge < -0.3 is 0 Å². The van der Waals surface area contributed by atoms with Crippen LogP contribution in [0.25, 0.3) is 0 Å². The Balaban J connectivity index is 1.80. The maximum absolute atomic E-state index is 2.59. The minimum absolute atomic E-state index is 0.626. The summed E-state index contributed by atoms with van der Waals surface area (Å²) in [5, 5.41) is 0. The van der Waals surface area contributed by atoms with Crippen LogP contribution in [0, 0.1) is 22.7 Å². The monoisotopic (exact) mass is 236 g/mol. The molecule has 2 rings (SSSR count).